The number of carbonyl (C=O) groups is 5. The summed E-state index contributed by atoms with van der Waals surface area (Å²) in [5.41, 5.74) is 2.03. The lowest BCUT2D eigenvalue weighted by Crippen LogP contribution is -2.65. The van der Waals surface area contributed by atoms with Crippen LogP contribution in [-0.2, 0) is 20.8 Å². The molecule has 14 nitrogen and oxygen atoms in total. The Balaban J connectivity index is 1.61. The summed E-state index contributed by atoms with van der Waals surface area (Å²) >= 11 is 0. The Morgan fingerprint density at radius 3 is 2.24 bits per heavy atom. The predicted octanol–water partition coefficient (Wildman–Crippen LogP) is 0.992. The second-order valence-corrected chi connectivity index (χ2v) is 11.8. The van der Waals surface area contributed by atoms with E-state index in [0.29, 0.717) is 11.3 Å². The molecule has 4 amide bonds. The lowest BCUT2D eigenvalue weighted by molar-refractivity contribution is -0.153. The fraction of sp³-hybridized carbons (Fsp3) is 0.323. The molecule has 0 aromatic heterocycles. The Hall–Kier alpha value is -5.21. The Labute approximate surface area is 257 Å². The van der Waals surface area contributed by atoms with E-state index in [0.717, 1.165) is 0 Å². The maximum absolute atomic E-state index is 14.1. The minimum Gasteiger partial charge on any atom is -0.508 e. The summed E-state index contributed by atoms with van der Waals surface area (Å²) < 4.78 is 0. The van der Waals surface area contributed by atoms with Crippen molar-refractivity contribution in [1.82, 2.24) is 10.2 Å². The molecule has 5 rings (SSSR count). The zero-order valence-electron chi connectivity index (χ0n) is 24.9. The first-order valence-corrected chi connectivity index (χ1v) is 14.0. The van der Waals surface area contributed by atoms with Gasteiger partial charge in [0.25, 0.3) is 11.8 Å². The van der Waals surface area contributed by atoms with Crippen LogP contribution in [-0.4, -0.2) is 94.6 Å². The fourth-order valence-corrected chi connectivity index (χ4v) is 6.70. The van der Waals surface area contributed by atoms with Crippen LogP contribution in [0.2, 0.25) is 0 Å². The second kappa shape index (κ2) is 11.1. The highest BCUT2D eigenvalue weighted by atomic mass is 16.3. The van der Waals surface area contributed by atoms with Gasteiger partial charge in [-0.05, 0) is 56.6 Å². The van der Waals surface area contributed by atoms with Gasteiger partial charge in [0.15, 0.2) is 17.1 Å². The first-order chi connectivity index (χ1) is 21.1. The molecule has 4 atom stereocenters. The Bertz CT molecular complexity index is 1730. The molecule has 0 bridgehead atoms. The van der Waals surface area contributed by atoms with Crippen molar-refractivity contribution in [3.05, 3.63) is 70.0 Å². The molecule has 3 aliphatic carbocycles. The molecule has 0 saturated heterocycles. The number of ketones is 2. The Morgan fingerprint density at radius 1 is 1.02 bits per heavy atom. The summed E-state index contributed by atoms with van der Waals surface area (Å²) in [6.45, 7) is 0. The highest BCUT2D eigenvalue weighted by Crippen LogP contribution is 2.54. The number of nitrogens with two attached hydrogens (primary N) is 1. The molecule has 2 aromatic carbocycles. The highest BCUT2D eigenvalue weighted by molar-refractivity contribution is 6.24. The number of nitrogens with zero attached hydrogens (tertiary/aromatic N) is 2. The number of hydrogen-bond donors (Lipinski definition) is 7. The van der Waals surface area contributed by atoms with E-state index in [1.807, 2.05) is 0 Å². The average molecular weight is 620 g/mol. The van der Waals surface area contributed by atoms with E-state index in [1.54, 1.807) is 37.2 Å². The molecule has 236 valence electrons. The lowest BCUT2D eigenvalue weighted by Gasteiger charge is -2.50. The van der Waals surface area contributed by atoms with Gasteiger partial charge in [-0.1, -0.05) is 18.2 Å². The number of fused-ring (bicyclic) bond motifs is 3. The van der Waals surface area contributed by atoms with Crippen molar-refractivity contribution in [3.63, 3.8) is 0 Å². The minimum absolute atomic E-state index is 0.0641. The van der Waals surface area contributed by atoms with Crippen LogP contribution in [0.3, 0.4) is 0 Å². The SMILES string of the molecule is CN(C)c1cc(NC(=O)NC(=O)c2ccccc2)c(O)c2c1C[C@@H]1C[C@@H]3[C@@H](N(C)C)C(=O)C(C(N)=O)=C(O)[C@]3(O)C(=O)C1=C2O. The van der Waals surface area contributed by atoms with E-state index in [4.69, 9.17) is 5.73 Å². The largest absolute Gasteiger partial charge is 0.508 e. The van der Waals surface area contributed by atoms with Crippen molar-refractivity contribution in [3.8, 4) is 5.75 Å². The van der Waals surface area contributed by atoms with Gasteiger partial charge in [0, 0.05) is 36.8 Å². The van der Waals surface area contributed by atoms with Gasteiger partial charge in [-0.3, -0.25) is 29.4 Å². The number of phenols is 1. The van der Waals surface area contributed by atoms with Crippen molar-refractivity contribution in [2.45, 2.75) is 24.5 Å². The second-order valence-electron chi connectivity index (χ2n) is 11.8. The van der Waals surface area contributed by atoms with Crippen LogP contribution in [0.1, 0.15) is 27.9 Å². The van der Waals surface area contributed by atoms with Crippen molar-refractivity contribution < 1.29 is 44.4 Å². The van der Waals surface area contributed by atoms with Crippen molar-refractivity contribution in [2.75, 3.05) is 38.4 Å². The van der Waals surface area contributed by atoms with Gasteiger partial charge < -0.3 is 36.4 Å². The van der Waals surface area contributed by atoms with E-state index in [9.17, 15) is 44.4 Å². The van der Waals surface area contributed by atoms with E-state index >= 15 is 0 Å². The van der Waals surface area contributed by atoms with Gasteiger partial charge in [-0.15, -0.1) is 0 Å². The number of hydrogen-bond acceptors (Lipinski definition) is 11. The number of imide groups is 1. The summed E-state index contributed by atoms with van der Waals surface area (Å²) in [5.74, 6) is -8.52. The molecular weight excluding hydrogens is 586 g/mol. The fourth-order valence-electron chi connectivity index (χ4n) is 6.70. The lowest BCUT2D eigenvalue weighted by atomic mass is 9.57. The number of Topliss-reactive ketones (excluding diaryl/α,β-unsaturated/α-hetero) is 2. The number of anilines is 2. The number of likely N-dealkylation sites (N-methyl/N-ethyl adjacent to an activating group) is 1. The van der Waals surface area contributed by atoms with Crippen LogP contribution < -0.4 is 21.3 Å². The quantitative estimate of drug-likeness (QED) is 0.185. The number of carbonyl (C=O) groups excluding carboxylic acids is 5. The molecule has 0 spiro atoms. The average Bonchev–Trinajstić information content (AvgIpc) is 2.96. The molecule has 0 unspecified atom stereocenters. The van der Waals surface area contributed by atoms with E-state index < -0.39 is 75.7 Å². The predicted molar refractivity (Wildman–Crippen MR) is 161 cm³/mol. The number of rotatable bonds is 5. The topological polar surface area (TPSA) is 223 Å². The highest BCUT2D eigenvalue weighted by Gasteiger charge is 2.64. The van der Waals surface area contributed by atoms with Crippen molar-refractivity contribution in [2.24, 2.45) is 17.6 Å². The number of aliphatic hydroxyl groups is 3. The van der Waals surface area contributed by atoms with Crippen LogP contribution in [0.25, 0.3) is 5.76 Å². The zero-order valence-corrected chi connectivity index (χ0v) is 24.9. The van der Waals surface area contributed by atoms with Crippen molar-refractivity contribution >= 4 is 46.5 Å². The van der Waals surface area contributed by atoms with E-state index in [-0.39, 0.29) is 35.2 Å². The monoisotopic (exact) mass is 619 g/mol. The number of amides is 4. The number of phenolic OH excluding ortho intramolecular Hbond substituents is 1. The smallest absolute Gasteiger partial charge is 0.326 e. The van der Waals surface area contributed by atoms with Crippen LogP contribution in [0, 0.1) is 11.8 Å². The maximum Gasteiger partial charge on any atom is 0.326 e. The number of nitrogens with one attached hydrogen (secondary N) is 2. The van der Waals surface area contributed by atoms with E-state index in [2.05, 4.69) is 10.6 Å². The molecule has 45 heavy (non-hydrogen) atoms. The summed E-state index contributed by atoms with van der Waals surface area (Å²) in [6, 6.07) is 7.22. The van der Waals surface area contributed by atoms with Gasteiger partial charge in [0.2, 0.25) is 5.78 Å². The summed E-state index contributed by atoms with van der Waals surface area (Å²) in [4.78, 5) is 67.9. The molecule has 1 fully saturated rings. The standard InChI is InChI=1S/C31H33N5O9/c1-35(2)18-12-17(33-30(44)34-29(43)13-8-6-5-7-9-13)23(37)20-15(18)10-14-11-16-22(36(3)4)25(39)21(28(32)42)27(41)31(16,45)26(40)19(14)24(20)38/h5-9,12,14,16,22,37-38,41,45H,10-11H2,1-4H3,(H2,32,42)(H2,33,34,43,44)/t14-,16-,22-,31-/m1/s1. The molecular formula is C31H33N5O9. The molecule has 14 heteroatoms. The summed E-state index contributed by atoms with van der Waals surface area (Å²) in [7, 11) is 6.42. The summed E-state index contributed by atoms with van der Waals surface area (Å²) in [5, 5.41) is 50.3. The van der Waals surface area contributed by atoms with Crippen LogP contribution in [0.5, 0.6) is 5.75 Å². The third-order valence-corrected chi connectivity index (χ3v) is 8.69. The van der Waals surface area contributed by atoms with Gasteiger partial charge in [-0.2, -0.15) is 0 Å². The van der Waals surface area contributed by atoms with Crippen LogP contribution >= 0.6 is 0 Å². The number of urea groups is 1. The van der Waals surface area contributed by atoms with Gasteiger partial charge in [-0.25, -0.2) is 4.79 Å². The van der Waals surface area contributed by atoms with Gasteiger partial charge in [0.1, 0.15) is 17.1 Å². The molecule has 1 saturated carbocycles. The molecule has 3 aliphatic rings. The molecule has 8 N–H and O–H groups in total. The van der Waals surface area contributed by atoms with Crippen LogP contribution in [0.4, 0.5) is 16.2 Å². The molecule has 0 heterocycles. The number of primary amides is 1. The van der Waals surface area contributed by atoms with E-state index in [1.165, 1.54) is 37.2 Å². The number of aliphatic hydroxyl groups excluding tert-OH is 2. The van der Waals surface area contributed by atoms with Crippen LogP contribution in [0.15, 0.2) is 53.3 Å². The number of aromatic hydroxyl groups is 1. The molecule has 0 aliphatic heterocycles. The normalized spacial score (nSPS) is 24.1. The third kappa shape index (κ3) is 4.78. The van der Waals surface area contributed by atoms with Crippen molar-refractivity contribution in [1.29, 1.82) is 0 Å². The molecule has 0 radical (unpaired) electrons. The minimum atomic E-state index is -2.78. The molecule has 2 aromatic rings. The maximum atomic E-state index is 14.1. The Kier molecular flexibility index (Phi) is 7.67. The van der Waals surface area contributed by atoms with Gasteiger partial charge in [0.05, 0.1) is 17.3 Å². The first kappa shape index (κ1) is 31.2. The third-order valence-electron chi connectivity index (χ3n) is 8.69. The Morgan fingerprint density at radius 2 is 1.67 bits per heavy atom. The zero-order chi connectivity index (χ0) is 33.1. The summed E-state index contributed by atoms with van der Waals surface area (Å²) in [6.07, 6.45) is -0.00201. The number of benzene rings is 2. The van der Waals surface area contributed by atoms with Gasteiger partial charge >= 0.3 is 6.03 Å². The first-order valence-electron chi connectivity index (χ1n) is 14.0.